The molecule has 2 rings (SSSR count). The zero-order chi connectivity index (χ0) is 14.2. The number of carbonyl (C=O) groups is 1. The van der Waals surface area contributed by atoms with Gasteiger partial charge in [-0.1, -0.05) is 64.7 Å². The summed E-state index contributed by atoms with van der Waals surface area (Å²) in [7, 11) is 0. The lowest BCUT2D eigenvalue weighted by molar-refractivity contribution is -0.113. The first-order valence-corrected chi connectivity index (χ1v) is 9.28. The molecular formula is C19H34O. The Kier molecular flexibility index (Phi) is 7.10. The summed E-state index contributed by atoms with van der Waals surface area (Å²) in [5.41, 5.74) is 0. The molecule has 0 aliphatic heterocycles. The van der Waals surface area contributed by atoms with Gasteiger partial charge in [0.1, 0.15) is 6.29 Å². The highest BCUT2D eigenvalue weighted by molar-refractivity contribution is 5.54. The summed E-state index contributed by atoms with van der Waals surface area (Å²) >= 11 is 0. The fourth-order valence-corrected chi connectivity index (χ4v) is 4.78. The lowest BCUT2D eigenvalue weighted by Crippen LogP contribution is -2.21. The van der Waals surface area contributed by atoms with Crippen molar-refractivity contribution in [3.63, 3.8) is 0 Å². The summed E-state index contributed by atoms with van der Waals surface area (Å²) in [6, 6.07) is 0. The second kappa shape index (κ2) is 8.85. The van der Waals surface area contributed by atoms with Crippen LogP contribution in [0.25, 0.3) is 0 Å². The minimum atomic E-state index is 0.392. The Morgan fingerprint density at radius 3 is 2.40 bits per heavy atom. The minimum Gasteiger partial charge on any atom is -0.303 e. The van der Waals surface area contributed by atoms with Crippen molar-refractivity contribution >= 4 is 6.29 Å². The van der Waals surface area contributed by atoms with Gasteiger partial charge in [-0.3, -0.25) is 0 Å². The normalized spacial score (nSPS) is 34.9. The molecule has 0 amide bonds. The predicted octanol–water partition coefficient (Wildman–Crippen LogP) is 5.77. The summed E-state index contributed by atoms with van der Waals surface area (Å²) in [4.78, 5) is 11.2. The van der Waals surface area contributed by atoms with Gasteiger partial charge in [-0.25, -0.2) is 0 Å². The molecule has 0 aromatic heterocycles. The maximum atomic E-state index is 11.2. The summed E-state index contributed by atoms with van der Waals surface area (Å²) < 4.78 is 0. The van der Waals surface area contributed by atoms with Crippen LogP contribution in [-0.2, 0) is 4.79 Å². The van der Waals surface area contributed by atoms with Crippen molar-refractivity contribution in [1.29, 1.82) is 0 Å². The molecule has 0 bridgehead atoms. The van der Waals surface area contributed by atoms with Crippen LogP contribution in [0.4, 0.5) is 0 Å². The molecule has 0 saturated heterocycles. The molecule has 0 spiro atoms. The molecular weight excluding hydrogens is 244 g/mol. The summed E-state index contributed by atoms with van der Waals surface area (Å²) in [5, 5.41) is 0. The Balaban J connectivity index is 1.65. The van der Waals surface area contributed by atoms with Crippen LogP contribution in [-0.4, -0.2) is 6.29 Å². The molecule has 0 heterocycles. The van der Waals surface area contributed by atoms with E-state index < -0.39 is 0 Å². The van der Waals surface area contributed by atoms with Gasteiger partial charge in [0.05, 0.1) is 0 Å². The number of aldehydes is 1. The molecule has 1 heteroatoms. The summed E-state index contributed by atoms with van der Waals surface area (Å²) in [5.74, 6) is 3.13. The second-order valence-corrected chi connectivity index (χ2v) is 7.46. The zero-order valence-electron chi connectivity index (χ0n) is 13.5. The quantitative estimate of drug-likeness (QED) is 0.540. The van der Waals surface area contributed by atoms with E-state index >= 15 is 0 Å². The maximum absolute atomic E-state index is 11.2. The largest absolute Gasteiger partial charge is 0.303 e. The first-order valence-electron chi connectivity index (χ1n) is 9.28. The van der Waals surface area contributed by atoms with Crippen LogP contribution in [0.15, 0.2) is 0 Å². The van der Waals surface area contributed by atoms with Crippen molar-refractivity contribution in [3.8, 4) is 0 Å². The molecule has 0 radical (unpaired) electrons. The fraction of sp³-hybridized carbons (Fsp3) is 0.947. The van der Waals surface area contributed by atoms with E-state index in [-0.39, 0.29) is 0 Å². The average molecular weight is 278 g/mol. The Morgan fingerprint density at radius 2 is 1.65 bits per heavy atom. The second-order valence-electron chi connectivity index (χ2n) is 7.46. The number of carbonyl (C=O) groups excluding carboxylic acids is 1. The minimum absolute atomic E-state index is 0.392. The van der Waals surface area contributed by atoms with E-state index in [1.165, 1.54) is 83.3 Å². The smallest absolute Gasteiger partial charge is 0.123 e. The van der Waals surface area contributed by atoms with Crippen LogP contribution in [0, 0.1) is 23.7 Å². The lowest BCUT2D eigenvalue weighted by Gasteiger charge is -2.31. The highest BCUT2D eigenvalue weighted by atomic mass is 16.1. The van der Waals surface area contributed by atoms with Crippen molar-refractivity contribution in [2.45, 2.75) is 90.4 Å². The average Bonchev–Trinajstić information content (AvgIpc) is 2.48. The fourth-order valence-electron chi connectivity index (χ4n) is 4.78. The zero-order valence-corrected chi connectivity index (χ0v) is 13.5. The Hall–Kier alpha value is -0.330. The molecule has 0 aromatic carbocycles. The number of rotatable bonds is 7. The highest BCUT2D eigenvalue weighted by Crippen LogP contribution is 2.37. The Bertz CT molecular complexity index is 271. The SMILES string of the molecule is CCCC1CCCC(CCCC2CCCCC2C=O)C1. The standard InChI is InChI=1S/C19H34O/c1-2-7-16-8-5-9-17(14-16)10-6-13-18-11-3-4-12-19(18)15-20/h15-19H,2-14H2,1H3. The van der Waals surface area contributed by atoms with Crippen molar-refractivity contribution in [3.05, 3.63) is 0 Å². The topological polar surface area (TPSA) is 17.1 Å². The van der Waals surface area contributed by atoms with E-state index in [1.54, 1.807) is 0 Å². The third kappa shape index (κ3) is 4.90. The lowest BCUT2D eigenvalue weighted by atomic mass is 9.74. The van der Waals surface area contributed by atoms with E-state index in [1.807, 2.05) is 0 Å². The highest BCUT2D eigenvalue weighted by Gasteiger charge is 2.25. The van der Waals surface area contributed by atoms with Crippen LogP contribution in [0.1, 0.15) is 90.4 Å². The molecule has 2 saturated carbocycles. The van der Waals surface area contributed by atoms with E-state index in [0.717, 1.165) is 24.2 Å². The van der Waals surface area contributed by atoms with E-state index in [4.69, 9.17) is 0 Å². The van der Waals surface area contributed by atoms with Crippen molar-refractivity contribution in [2.75, 3.05) is 0 Å². The van der Waals surface area contributed by atoms with Crippen LogP contribution in [0.5, 0.6) is 0 Å². The third-order valence-corrected chi connectivity index (χ3v) is 5.92. The molecule has 4 atom stereocenters. The Morgan fingerprint density at radius 1 is 0.900 bits per heavy atom. The number of hydrogen-bond acceptors (Lipinski definition) is 1. The Labute approximate surface area is 125 Å². The molecule has 2 aliphatic rings. The summed E-state index contributed by atoms with van der Waals surface area (Å²) in [6.07, 6.45) is 19.2. The van der Waals surface area contributed by atoms with Crippen LogP contribution in [0.3, 0.4) is 0 Å². The summed E-state index contributed by atoms with van der Waals surface area (Å²) in [6.45, 7) is 2.33. The van der Waals surface area contributed by atoms with Gasteiger partial charge >= 0.3 is 0 Å². The van der Waals surface area contributed by atoms with Crippen LogP contribution in [0.2, 0.25) is 0 Å². The van der Waals surface area contributed by atoms with Crippen molar-refractivity contribution in [2.24, 2.45) is 23.7 Å². The van der Waals surface area contributed by atoms with Gasteiger partial charge in [-0.15, -0.1) is 0 Å². The molecule has 2 aliphatic carbocycles. The molecule has 20 heavy (non-hydrogen) atoms. The predicted molar refractivity (Wildman–Crippen MR) is 85.7 cm³/mol. The third-order valence-electron chi connectivity index (χ3n) is 5.92. The van der Waals surface area contributed by atoms with E-state index in [2.05, 4.69) is 6.92 Å². The molecule has 0 N–H and O–H groups in total. The van der Waals surface area contributed by atoms with Crippen molar-refractivity contribution in [1.82, 2.24) is 0 Å². The first kappa shape index (κ1) is 16.0. The molecule has 116 valence electrons. The van der Waals surface area contributed by atoms with E-state index in [0.29, 0.717) is 5.92 Å². The first-order chi connectivity index (χ1) is 9.83. The maximum Gasteiger partial charge on any atom is 0.123 e. The molecule has 0 aromatic rings. The molecule has 1 nitrogen and oxygen atoms in total. The van der Waals surface area contributed by atoms with E-state index in [9.17, 15) is 4.79 Å². The van der Waals surface area contributed by atoms with Gasteiger partial charge in [-0.05, 0) is 43.4 Å². The number of hydrogen-bond donors (Lipinski definition) is 0. The van der Waals surface area contributed by atoms with Crippen LogP contribution < -0.4 is 0 Å². The van der Waals surface area contributed by atoms with Crippen molar-refractivity contribution < 1.29 is 4.79 Å². The monoisotopic (exact) mass is 278 g/mol. The molecule has 4 unspecified atom stereocenters. The molecule has 2 fully saturated rings. The van der Waals surface area contributed by atoms with Gasteiger partial charge in [0.2, 0.25) is 0 Å². The van der Waals surface area contributed by atoms with Gasteiger partial charge in [-0.2, -0.15) is 0 Å². The van der Waals surface area contributed by atoms with Gasteiger partial charge in [0.25, 0.3) is 0 Å². The van der Waals surface area contributed by atoms with Gasteiger partial charge < -0.3 is 4.79 Å². The van der Waals surface area contributed by atoms with Gasteiger partial charge in [0.15, 0.2) is 0 Å². The van der Waals surface area contributed by atoms with Crippen LogP contribution >= 0.6 is 0 Å². The van der Waals surface area contributed by atoms with Gasteiger partial charge in [0, 0.05) is 5.92 Å².